The molecule has 0 saturated heterocycles. The zero-order chi connectivity index (χ0) is 25.1. The first-order valence-electron chi connectivity index (χ1n) is 10.9. The largest absolute Gasteiger partial charge is 0.726 e. The lowest BCUT2D eigenvalue weighted by atomic mass is 10.1. The molecule has 0 aliphatic rings. The third-order valence-electron chi connectivity index (χ3n) is 4.88. The van der Waals surface area contributed by atoms with Gasteiger partial charge in [0.1, 0.15) is 36.7 Å². The Morgan fingerprint density at radius 3 is 1.68 bits per heavy atom. The number of rotatable bonds is 10. The van der Waals surface area contributed by atoms with Crippen LogP contribution in [-0.2, 0) is 51.8 Å². The monoisotopic (exact) mass is 496 g/mol. The number of nitrogens with one attached hydrogen (secondary N) is 1. The standard InChI is InChI=1S/C19H32N10O4S/c1-18(2,3)28-13-16(21-24-28)10-26(11-17-14-29(25-22-17)19(4,5)6)9-15-12-27(23-20-15)7-8-33-34(30,31)32/h12-14H,7-11H2,1-6H3,(H,30,31,32). The number of hydrogen-bond donors (Lipinski definition) is 1. The van der Waals surface area contributed by atoms with Crippen LogP contribution in [0.15, 0.2) is 18.6 Å². The van der Waals surface area contributed by atoms with Gasteiger partial charge in [-0.3, -0.25) is 4.18 Å². The summed E-state index contributed by atoms with van der Waals surface area (Å²) < 4.78 is 41.1. The molecule has 0 amide bonds. The quantitative estimate of drug-likeness (QED) is 0.278. The molecule has 15 heteroatoms. The second-order valence-electron chi connectivity index (χ2n) is 10.1. The summed E-state index contributed by atoms with van der Waals surface area (Å²) in [5.74, 6) is 0. The molecule has 0 spiro atoms. The summed E-state index contributed by atoms with van der Waals surface area (Å²) in [6, 6.07) is 0. The molecule has 0 aromatic carbocycles. The van der Waals surface area contributed by atoms with Crippen LogP contribution >= 0.6 is 0 Å². The van der Waals surface area contributed by atoms with E-state index in [1.54, 1.807) is 6.20 Å². The van der Waals surface area contributed by atoms with Gasteiger partial charge in [-0.15, -0.1) is 15.3 Å². The van der Waals surface area contributed by atoms with Crippen LogP contribution in [0.2, 0.25) is 0 Å². The van der Waals surface area contributed by atoms with E-state index in [1.165, 1.54) is 4.68 Å². The molecule has 1 N–H and O–H groups in total. The lowest BCUT2D eigenvalue weighted by molar-refractivity contribution is -0.942. The molecule has 3 aromatic heterocycles. The van der Waals surface area contributed by atoms with Gasteiger partial charge in [-0.1, -0.05) is 15.6 Å². The third kappa shape index (κ3) is 7.65. The number of aromatic nitrogens is 9. The lowest BCUT2D eigenvalue weighted by Gasteiger charge is -2.18. The summed E-state index contributed by atoms with van der Waals surface area (Å²) in [5.41, 5.74) is 1.99. The Kier molecular flexibility index (Phi) is 7.50. The van der Waals surface area contributed by atoms with E-state index in [2.05, 4.69) is 76.7 Å². The fraction of sp³-hybridized carbons (Fsp3) is 0.684. The van der Waals surface area contributed by atoms with Gasteiger partial charge in [-0.2, -0.15) is 0 Å². The van der Waals surface area contributed by atoms with Crippen LogP contribution < -0.4 is 4.90 Å². The van der Waals surface area contributed by atoms with Gasteiger partial charge >= 0.3 is 0 Å². The highest BCUT2D eigenvalue weighted by atomic mass is 32.3. The Labute approximate surface area is 198 Å². The van der Waals surface area contributed by atoms with Crippen LogP contribution in [-0.4, -0.2) is 64.6 Å². The second-order valence-corrected chi connectivity index (χ2v) is 11.2. The van der Waals surface area contributed by atoms with Crippen LogP contribution in [0, 0.1) is 0 Å². The van der Waals surface area contributed by atoms with E-state index in [0.717, 1.165) is 16.3 Å². The summed E-state index contributed by atoms with van der Waals surface area (Å²) >= 11 is 0. The average molecular weight is 497 g/mol. The number of nitrogens with zero attached hydrogens (tertiary/aromatic N) is 9. The van der Waals surface area contributed by atoms with Crippen molar-refractivity contribution in [2.45, 2.75) is 78.8 Å². The van der Waals surface area contributed by atoms with Gasteiger partial charge < -0.3 is 9.45 Å². The first-order valence-corrected chi connectivity index (χ1v) is 12.2. The number of quaternary nitrogens is 1. The molecule has 34 heavy (non-hydrogen) atoms. The van der Waals surface area contributed by atoms with Crippen molar-refractivity contribution in [2.75, 3.05) is 6.61 Å². The van der Waals surface area contributed by atoms with E-state index in [1.807, 2.05) is 21.8 Å². The molecular weight excluding hydrogens is 464 g/mol. The smallest absolute Gasteiger partial charge is 0.217 e. The fourth-order valence-electron chi connectivity index (χ4n) is 3.13. The zero-order valence-corrected chi connectivity index (χ0v) is 21.2. The van der Waals surface area contributed by atoms with Crippen molar-refractivity contribution in [2.24, 2.45) is 0 Å². The minimum absolute atomic E-state index is 0.0869. The fourth-order valence-corrected chi connectivity index (χ4v) is 3.41. The van der Waals surface area contributed by atoms with E-state index in [0.29, 0.717) is 25.3 Å². The molecule has 3 heterocycles. The maximum absolute atomic E-state index is 10.6. The van der Waals surface area contributed by atoms with E-state index >= 15 is 0 Å². The summed E-state index contributed by atoms with van der Waals surface area (Å²) in [6.07, 6.45) is 5.56. The van der Waals surface area contributed by atoms with Crippen molar-refractivity contribution in [3.05, 3.63) is 35.7 Å². The molecule has 0 saturated carbocycles. The average Bonchev–Trinajstić information content (AvgIpc) is 3.41. The van der Waals surface area contributed by atoms with Crippen molar-refractivity contribution in [3.8, 4) is 0 Å². The zero-order valence-electron chi connectivity index (χ0n) is 20.3. The molecule has 0 atom stereocenters. The summed E-state index contributed by atoms with van der Waals surface area (Å²) in [7, 11) is -4.74. The second kappa shape index (κ2) is 9.85. The SMILES string of the molecule is CC(C)(C)n1cc(C[NH+](Cc2cn(CCOS(=O)(=O)[O-])nn2)Cc2cn(C(C)(C)C)nn2)nn1. The molecule has 3 aromatic rings. The molecule has 0 radical (unpaired) electrons. The lowest BCUT2D eigenvalue weighted by Crippen LogP contribution is -3.08. The van der Waals surface area contributed by atoms with Crippen LogP contribution in [0.4, 0.5) is 0 Å². The van der Waals surface area contributed by atoms with E-state index in [9.17, 15) is 13.0 Å². The maximum Gasteiger partial charge on any atom is 0.217 e. The van der Waals surface area contributed by atoms with Gasteiger partial charge in [0, 0.05) is 0 Å². The predicted molar refractivity (Wildman–Crippen MR) is 118 cm³/mol. The van der Waals surface area contributed by atoms with E-state index in [4.69, 9.17) is 0 Å². The number of hydrogen-bond acceptors (Lipinski definition) is 10. The predicted octanol–water partition coefficient (Wildman–Crippen LogP) is -0.767. The first kappa shape index (κ1) is 25.9. The summed E-state index contributed by atoms with van der Waals surface area (Å²) in [5, 5.41) is 25.3. The first-order chi connectivity index (χ1) is 15.7. The molecule has 188 valence electrons. The van der Waals surface area contributed by atoms with Crippen molar-refractivity contribution in [1.82, 2.24) is 45.0 Å². The molecule has 0 aliphatic heterocycles. The van der Waals surface area contributed by atoms with Crippen LogP contribution in [0.25, 0.3) is 0 Å². The van der Waals surface area contributed by atoms with Crippen LogP contribution in [0.3, 0.4) is 0 Å². The van der Waals surface area contributed by atoms with Crippen molar-refractivity contribution in [3.63, 3.8) is 0 Å². The van der Waals surface area contributed by atoms with Gasteiger partial charge in [0.2, 0.25) is 10.4 Å². The Balaban J connectivity index is 1.74. The van der Waals surface area contributed by atoms with Crippen molar-refractivity contribution < 1.29 is 22.1 Å². The highest BCUT2D eigenvalue weighted by Gasteiger charge is 2.22. The van der Waals surface area contributed by atoms with Gasteiger partial charge in [0.05, 0.1) is 42.8 Å². The maximum atomic E-state index is 10.6. The molecule has 0 aliphatic carbocycles. The molecular formula is C19H32N10O4S. The summed E-state index contributed by atoms with van der Waals surface area (Å²) in [6.45, 7) is 13.8. The third-order valence-corrected chi connectivity index (χ3v) is 5.34. The molecule has 0 unspecified atom stereocenters. The van der Waals surface area contributed by atoms with Crippen LogP contribution in [0.5, 0.6) is 0 Å². The van der Waals surface area contributed by atoms with E-state index in [-0.39, 0.29) is 24.2 Å². The highest BCUT2D eigenvalue weighted by Crippen LogP contribution is 2.12. The molecule has 0 bridgehead atoms. The van der Waals surface area contributed by atoms with Gasteiger partial charge in [0.25, 0.3) is 0 Å². The molecule has 0 fully saturated rings. The van der Waals surface area contributed by atoms with Gasteiger partial charge in [-0.05, 0) is 41.5 Å². The highest BCUT2D eigenvalue weighted by molar-refractivity contribution is 7.80. The normalized spacial score (nSPS) is 13.2. The van der Waals surface area contributed by atoms with E-state index < -0.39 is 10.4 Å². The summed E-state index contributed by atoms with van der Waals surface area (Å²) in [4.78, 5) is 1.09. The Morgan fingerprint density at radius 1 is 0.824 bits per heavy atom. The molecule has 3 rings (SSSR count). The minimum Gasteiger partial charge on any atom is -0.726 e. The van der Waals surface area contributed by atoms with Gasteiger partial charge in [-0.25, -0.2) is 22.5 Å². The topological polar surface area (TPSA) is 163 Å². The van der Waals surface area contributed by atoms with Crippen LogP contribution in [0.1, 0.15) is 58.6 Å². The Hall–Kier alpha value is -2.75. The Morgan fingerprint density at radius 2 is 1.26 bits per heavy atom. The Bertz CT molecular complexity index is 1130. The molecule has 14 nitrogen and oxygen atoms in total. The van der Waals surface area contributed by atoms with Gasteiger partial charge in [0.15, 0.2) is 0 Å². The van der Waals surface area contributed by atoms with Crippen molar-refractivity contribution >= 4 is 10.4 Å². The van der Waals surface area contributed by atoms with Crippen molar-refractivity contribution in [1.29, 1.82) is 0 Å². The minimum atomic E-state index is -4.74.